The molecule has 0 aliphatic rings. The summed E-state index contributed by atoms with van der Waals surface area (Å²) in [5, 5.41) is 0.880. The minimum Gasteiger partial charge on any atom is -0.426 e. The molecule has 0 atom stereocenters. The van der Waals surface area contributed by atoms with Gasteiger partial charge in [0.25, 0.3) is 0 Å². The predicted octanol–water partition coefficient (Wildman–Crippen LogP) is 4.72. The molecule has 0 spiro atoms. The van der Waals surface area contributed by atoms with Gasteiger partial charge in [0.15, 0.2) is 0 Å². The van der Waals surface area contributed by atoms with Crippen LogP contribution in [0, 0.1) is 0 Å². The predicted molar refractivity (Wildman–Crippen MR) is 99.6 cm³/mol. The van der Waals surface area contributed by atoms with Crippen molar-refractivity contribution in [2.45, 2.75) is 10.7 Å². The van der Waals surface area contributed by atoms with Crippen molar-refractivity contribution in [3.8, 4) is 22.3 Å². The molecular formula is C18H12Br2O4. The minimum atomic E-state index is -0.379. The third-order valence-electron chi connectivity index (χ3n) is 3.55. The van der Waals surface area contributed by atoms with Gasteiger partial charge >= 0.3 is 11.3 Å². The zero-order chi connectivity index (χ0) is 17.1. The molecule has 0 aliphatic heterocycles. The normalized spacial score (nSPS) is 10.8. The molecule has 0 unspecified atom stereocenters. The lowest BCUT2D eigenvalue weighted by atomic mass is 9.98. The van der Waals surface area contributed by atoms with E-state index in [1.54, 1.807) is 12.1 Å². The van der Waals surface area contributed by atoms with Crippen molar-refractivity contribution in [1.29, 1.82) is 0 Å². The summed E-state index contributed by atoms with van der Waals surface area (Å²) in [6.07, 6.45) is 0. The summed E-state index contributed by atoms with van der Waals surface area (Å²) in [6, 6.07) is 14.1. The zero-order valence-corrected chi connectivity index (χ0v) is 15.6. The molecule has 0 radical (unpaired) electrons. The van der Waals surface area contributed by atoms with E-state index < -0.39 is 0 Å². The molecule has 24 heavy (non-hydrogen) atoms. The van der Waals surface area contributed by atoms with Crippen LogP contribution in [0.1, 0.15) is 11.5 Å². The zero-order valence-electron chi connectivity index (χ0n) is 12.4. The molecule has 0 N–H and O–H groups in total. The first-order chi connectivity index (χ1) is 11.6. The summed E-state index contributed by atoms with van der Waals surface area (Å²) in [6.45, 7) is 0. The van der Waals surface area contributed by atoms with E-state index in [1.807, 2.05) is 24.3 Å². The highest BCUT2D eigenvalue weighted by Crippen LogP contribution is 2.30. The maximum atomic E-state index is 11.4. The first-order valence-electron chi connectivity index (χ1n) is 7.11. The van der Waals surface area contributed by atoms with Gasteiger partial charge in [0.05, 0.1) is 10.7 Å². The van der Waals surface area contributed by atoms with Gasteiger partial charge in [-0.1, -0.05) is 50.1 Å². The monoisotopic (exact) mass is 450 g/mol. The molecule has 0 saturated heterocycles. The summed E-state index contributed by atoms with van der Waals surface area (Å²) in [5.41, 5.74) is 2.75. The Morgan fingerprint density at radius 3 is 1.58 bits per heavy atom. The van der Waals surface area contributed by atoms with E-state index in [4.69, 9.17) is 8.83 Å². The lowest BCUT2D eigenvalue weighted by Gasteiger charge is -2.09. The van der Waals surface area contributed by atoms with Gasteiger partial charge in [0.1, 0.15) is 11.5 Å². The third kappa shape index (κ3) is 3.44. The van der Waals surface area contributed by atoms with Crippen LogP contribution in [0.15, 0.2) is 67.0 Å². The molecule has 3 rings (SSSR count). The molecule has 6 heteroatoms. The highest BCUT2D eigenvalue weighted by Gasteiger charge is 2.11. The molecule has 2 heterocycles. The second-order valence-corrected chi connectivity index (χ2v) is 6.15. The maximum Gasteiger partial charge on any atom is 0.335 e. The number of halogens is 2. The molecular weight excluding hydrogens is 440 g/mol. The van der Waals surface area contributed by atoms with Crippen LogP contribution in [0.3, 0.4) is 0 Å². The van der Waals surface area contributed by atoms with Gasteiger partial charge in [-0.3, -0.25) is 0 Å². The number of hydrogen-bond donors (Lipinski definition) is 0. The smallest absolute Gasteiger partial charge is 0.335 e. The Morgan fingerprint density at radius 1 is 0.708 bits per heavy atom. The van der Waals surface area contributed by atoms with Crippen LogP contribution in [0.5, 0.6) is 0 Å². The minimum absolute atomic E-state index is 0.379. The quantitative estimate of drug-likeness (QED) is 0.538. The lowest BCUT2D eigenvalue weighted by molar-refractivity contribution is 0.480. The SMILES string of the molecule is O=c1ccc(-c2cccc(-c3ccc(=O)oc3CBr)c2)c(CBr)o1. The van der Waals surface area contributed by atoms with Crippen LogP contribution in [0.25, 0.3) is 22.3 Å². The number of rotatable bonds is 4. The van der Waals surface area contributed by atoms with E-state index >= 15 is 0 Å². The standard InChI is InChI=1S/C18H12Br2O4/c19-9-15-13(4-6-17(21)23-15)11-2-1-3-12(8-11)14-5-7-18(22)24-16(14)10-20/h1-8H,9-10H2. The molecule has 0 amide bonds. The summed E-state index contributed by atoms with van der Waals surface area (Å²) >= 11 is 6.69. The fourth-order valence-corrected chi connectivity index (χ4v) is 3.31. The van der Waals surface area contributed by atoms with Crippen molar-refractivity contribution >= 4 is 31.9 Å². The maximum absolute atomic E-state index is 11.4. The molecule has 0 saturated carbocycles. The van der Waals surface area contributed by atoms with Crippen LogP contribution in [-0.4, -0.2) is 0 Å². The van der Waals surface area contributed by atoms with Gasteiger partial charge in [-0.2, -0.15) is 0 Å². The fraction of sp³-hybridized carbons (Fsp3) is 0.111. The Hall–Kier alpha value is -1.92. The molecule has 3 aromatic rings. The lowest BCUT2D eigenvalue weighted by Crippen LogP contribution is -2.00. The van der Waals surface area contributed by atoms with Crippen molar-refractivity contribution in [1.82, 2.24) is 0 Å². The fourth-order valence-electron chi connectivity index (χ4n) is 2.48. The van der Waals surface area contributed by atoms with E-state index in [2.05, 4.69) is 31.9 Å². The molecule has 0 bridgehead atoms. The van der Waals surface area contributed by atoms with Gasteiger partial charge in [-0.15, -0.1) is 0 Å². The Kier molecular flexibility index (Phi) is 5.16. The van der Waals surface area contributed by atoms with E-state index in [0.717, 1.165) is 22.3 Å². The highest BCUT2D eigenvalue weighted by atomic mass is 79.9. The van der Waals surface area contributed by atoms with Crippen LogP contribution >= 0.6 is 31.9 Å². The Bertz CT molecular complexity index is 912. The van der Waals surface area contributed by atoms with E-state index in [-0.39, 0.29) is 11.3 Å². The Labute approximate surface area is 154 Å². The van der Waals surface area contributed by atoms with Gasteiger partial charge in [-0.05, 0) is 29.3 Å². The van der Waals surface area contributed by atoms with Crippen molar-refractivity contribution in [3.05, 3.63) is 80.9 Å². The van der Waals surface area contributed by atoms with Crippen LogP contribution in [0.4, 0.5) is 0 Å². The molecule has 2 aromatic heterocycles. The second kappa shape index (κ2) is 7.32. The summed E-state index contributed by atoms with van der Waals surface area (Å²) in [7, 11) is 0. The van der Waals surface area contributed by atoms with E-state index in [0.29, 0.717) is 22.2 Å². The third-order valence-corrected chi connectivity index (χ3v) is 4.57. The van der Waals surface area contributed by atoms with E-state index in [9.17, 15) is 9.59 Å². The van der Waals surface area contributed by atoms with Crippen LogP contribution in [-0.2, 0) is 10.7 Å². The largest absolute Gasteiger partial charge is 0.426 e. The van der Waals surface area contributed by atoms with E-state index in [1.165, 1.54) is 12.1 Å². The van der Waals surface area contributed by atoms with Gasteiger partial charge < -0.3 is 8.83 Å². The summed E-state index contributed by atoms with van der Waals surface area (Å²) in [4.78, 5) is 22.8. The van der Waals surface area contributed by atoms with Gasteiger partial charge in [0.2, 0.25) is 0 Å². The first kappa shape index (κ1) is 16.9. The summed E-state index contributed by atoms with van der Waals surface area (Å²) < 4.78 is 10.5. The van der Waals surface area contributed by atoms with Gasteiger partial charge in [0, 0.05) is 23.3 Å². The summed E-state index contributed by atoms with van der Waals surface area (Å²) in [5.74, 6) is 1.14. The number of benzene rings is 1. The molecule has 4 nitrogen and oxygen atoms in total. The average Bonchev–Trinajstić information content (AvgIpc) is 2.61. The molecule has 122 valence electrons. The highest BCUT2D eigenvalue weighted by molar-refractivity contribution is 9.08. The van der Waals surface area contributed by atoms with Crippen LogP contribution < -0.4 is 11.3 Å². The van der Waals surface area contributed by atoms with Crippen molar-refractivity contribution < 1.29 is 8.83 Å². The molecule has 0 aliphatic carbocycles. The Morgan fingerprint density at radius 2 is 1.17 bits per heavy atom. The molecule has 1 aromatic carbocycles. The topological polar surface area (TPSA) is 60.4 Å². The first-order valence-corrected chi connectivity index (χ1v) is 9.35. The molecule has 0 fully saturated rings. The number of alkyl halides is 2. The average molecular weight is 452 g/mol. The Balaban J connectivity index is 2.14. The van der Waals surface area contributed by atoms with Crippen molar-refractivity contribution in [3.63, 3.8) is 0 Å². The van der Waals surface area contributed by atoms with Crippen molar-refractivity contribution in [2.75, 3.05) is 0 Å². The van der Waals surface area contributed by atoms with Crippen molar-refractivity contribution in [2.24, 2.45) is 0 Å². The van der Waals surface area contributed by atoms with Crippen LogP contribution in [0.2, 0.25) is 0 Å². The second-order valence-electron chi connectivity index (χ2n) is 5.03. The number of hydrogen-bond acceptors (Lipinski definition) is 4. The van der Waals surface area contributed by atoms with Gasteiger partial charge in [-0.25, -0.2) is 9.59 Å².